The summed E-state index contributed by atoms with van der Waals surface area (Å²) in [4.78, 5) is 27.6. The van der Waals surface area contributed by atoms with Crippen LogP contribution >= 0.6 is 0 Å². The highest BCUT2D eigenvalue weighted by molar-refractivity contribution is 6.04. The summed E-state index contributed by atoms with van der Waals surface area (Å²) in [6.07, 6.45) is 1.82. The molecule has 0 aliphatic rings. The molecule has 128 valence electrons. The number of carbonyl (C=O) groups excluding carboxylic acids is 1. The Balaban J connectivity index is 1.98. The molecule has 0 unspecified atom stereocenters. The van der Waals surface area contributed by atoms with Crippen molar-refractivity contribution >= 4 is 22.9 Å². The molecule has 2 aromatic heterocycles. The minimum Gasteiger partial charge on any atom is -0.490 e. The van der Waals surface area contributed by atoms with E-state index in [1.165, 1.54) is 19.2 Å². The Morgan fingerprint density at radius 3 is 2.72 bits per heavy atom. The maximum Gasteiger partial charge on any atom is 0.312 e. The van der Waals surface area contributed by atoms with E-state index in [0.717, 1.165) is 5.56 Å². The van der Waals surface area contributed by atoms with Gasteiger partial charge in [-0.3, -0.25) is 19.3 Å². The topological polar surface area (TPSA) is 98.8 Å². The van der Waals surface area contributed by atoms with Crippen LogP contribution in [0.5, 0.6) is 5.75 Å². The highest BCUT2D eigenvalue weighted by Gasteiger charge is 2.20. The fraction of sp³-hybridized carbons (Fsp3) is 0.176. The van der Waals surface area contributed by atoms with Gasteiger partial charge in [-0.2, -0.15) is 0 Å². The average molecular weight is 340 g/mol. The van der Waals surface area contributed by atoms with Crippen molar-refractivity contribution in [2.24, 2.45) is 0 Å². The summed E-state index contributed by atoms with van der Waals surface area (Å²) < 4.78 is 6.67. The minimum atomic E-state index is -0.558. The van der Waals surface area contributed by atoms with Crippen LogP contribution in [0, 0.1) is 24.0 Å². The molecule has 3 aromatic rings. The van der Waals surface area contributed by atoms with E-state index < -0.39 is 10.8 Å². The van der Waals surface area contributed by atoms with Gasteiger partial charge in [0, 0.05) is 18.0 Å². The Labute approximate surface area is 143 Å². The number of fused-ring (bicyclic) bond motifs is 1. The SMILES string of the molecule is COc1ccc(NC(=O)c2c(C)nc3ccc(C)cn23)cc1[N+](=O)[O-]. The van der Waals surface area contributed by atoms with Crippen LogP contribution in [-0.2, 0) is 0 Å². The van der Waals surface area contributed by atoms with Crippen molar-refractivity contribution < 1.29 is 14.5 Å². The molecule has 8 heteroatoms. The van der Waals surface area contributed by atoms with E-state index in [9.17, 15) is 14.9 Å². The van der Waals surface area contributed by atoms with E-state index in [-0.39, 0.29) is 11.4 Å². The Morgan fingerprint density at radius 1 is 1.28 bits per heavy atom. The number of hydrogen-bond donors (Lipinski definition) is 1. The number of hydrogen-bond acceptors (Lipinski definition) is 5. The normalized spacial score (nSPS) is 10.7. The number of nitro groups is 1. The monoisotopic (exact) mass is 340 g/mol. The molecule has 1 aromatic carbocycles. The maximum atomic E-state index is 12.7. The number of carbonyl (C=O) groups is 1. The third-order valence-corrected chi connectivity index (χ3v) is 3.79. The van der Waals surface area contributed by atoms with Gasteiger partial charge in [0.1, 0.15) is 11.3 Å². The van der Waals surface area contributed by atoms with Crippen molar-refractivity contribution in [3.63, 3.8) is 0 Å². The lowest BCUT2D eigenvalue weighted by Crippen LogP contribution is -2.16. The Hall–Kier alpha value is -3.42. The number of methoxy groups -OCH3 is 1. The van der Waals surface area contributed by atoms with Gasteiger partial charge in [-0.05, 0) is 37.6 Å². The zero-order chi connectivity index (χ0) is 18.1. The fourth-order valence-electron chi connectivity index (χ4n) is 2.64. The van der Waals surface area contributed by atoms with Gasteiger partial charge in [0.2, 0.25) is 0 Å². The highest BCUT2D eigenvalue weighted by atomic mass is 16.6. The van der Waals surface area contributed by atoms with E-state index in [1.54, 1.807) is 17.4 Å². The van der Waals surface area contributed by atoms with Crippen LogP contribution in [0.3, 0.4) is 0 Å². The molecule has 25 heavy (non-hydrogen) atoms. The van der Waals surface area contributed by atoms with Gasteiger partial charge in [0.05, 0.1) is 17.7 Å². The van der Waals surface area contributed by atoms with Gasteiger partial charge in [-0.25, -0.2) is 4.98 Å². The molecular weight excluding hydrogens is 324 g/mol. The molecule has 3 rings (SSSR count). The summed E-state index contributed by atoms with van der Waals surface area (Å²) in [5, 5.41) is 13.8. The molecule has 0 saturated carbocycles. The fourth-order valence-corrected chi connectivity index (χ4v) is 2.64. The molecule has 1 N–H and O–H groups in total. The first-order chi connectivity index (χ1) is 11.9. The number of pyridine rings is 1. The summed E-state index contributed by atoms with van der Waals surface area (Å²) in [5.41, 5.74) is 2.70. The Bertz CT molecular complexity index is 994. The van der Waals surface area contributed by atoms with Crippen molar-refractivity contribution in [1.82, 2.24) is 9.38 Å². The molecule has 2 heterocycles. The first-order valence-corrected chi connectivity index (χ1v) is 7.50. The Kier molecular flexibility index (Phi) is 4.10. The van der Waals surface area contributed by atoms with Gasteiger partial charge in [-0.1, -0.05) is 6.07 Å². The number of benzene rings is 1. The molecule has 8 nitrogen and oxygen atoms in total. The maximum absolute atomic E-state index is 12.7. The number of imidazole rings is 1. The number of rotatable bonds is 4. The van der Waals surface area contributed by atoms with Gasteiger partial charge in [0.25, 0.3) is 5.91 Å². The molecule has 0 fully saturated rings. The second kappa shape index (κ2) is 6.23. The molecule has 0 bridgehead atoms. The largest absolute Gasteiger partial charge is 0.490 e. The highest BCUT2D eigenvalue weighted by Crippen LogP contribution is 2.30. The molecule has 0 saturated heterocycles. The number of ether oxygens (including phenoxy) is 1. The predicted octanol–water partition coefficient (Wildman–Crippen LogP) is 3.12. The van der Waals surface area contributed by atoms with Crippen molar-refractivity contribution in [2.45, 2.75) is 13.8 Å². The average Bonchev–Trinajstić information content (AvgIpc) is 2.89. The molecular formula is C17H16N4O4. The van der Waals surface area contributed by atoms with Crippen LogP contribution in [-0.4, -0.2) is 27.3 Å². The number of aryl methyl sites for hydroxylation is 2. The second-order valence-electron chi connectivity index (χ2n) is 5.58. The van der Waals surface area contributed by atoms with Crippen molar-refractivity contribution in [3.05, 3.63) is 63.6 Å². The van der Waals surface area contributed by atoms with E-state index in [1.807, 2.05) is 25.3 Å². The summed E-state index contributed by atoms with van der Waals surface area (Å²) >= 11 is 0. The van der Waals surface area contributed by atoms with Crippen LogP contribution < -0.4 is 10.1 Å². The van der Waals surface area contributed by atoms with E-state index >= 15 is 0 Å². The first kappa shape index (κ1) is 16.4. The van der Waals surface area contributed by atoms with Gasteiger partial charge in [0.15, 0.2) is 5.75 Å². The van der Waals surface area contributed by atoms with E-state index in [0.29, 0.717) is 22.7 Å². The number of anilines is 1. The number of amides is 1. The number of nitrogens with zero attached hydrogens (tertiary/aromatic N) is 3. The standard InChI is InChI=1S/C17H16N4O4/c1-10-4-7-15-18-11(2)16(20(15)9-10)17(22)19-12-5-6-14(25-3)13(8-12)21(23)24/h4-9H,1-3H3,(H,19,22). The minimum absolute atomic E-state index is 0.129. The van der Waals surface area contributed by atoms with Gasteiger partial charge < -0.3 is 10.1 Å². The number of nitrogens with one attached hydrogen (secondary N) is 1. The molecule has 0 spiro atoms. The van der Waals surface area contributed by atoms with Crippen LogP contribution in [0.4, 0.5) is 11.4 Å². The summed E-state index contributed by atoms with van der Waals surface area (Å²) in [7, 11) is 1.35. The van der Waals surface area contributed by atoms with E-state index in [4.69, 9.17) is 4.74 Å². The lowest BCUT2D eigenvalue weighted by atomic mass is 10.2. The second-order valence-corrected chi connectivity index (χ2v) is 5.58. The van der Waals surface area contributed by atoms with Crippen molar-refractivity contribution in [2.75, 3.05) is 12.4 Å². The number of aromatic nitrogens is 2. The Morgan fingerprint density at radius 2 is 2.04 bits per heavy atom. The van der Waals surface area contributed by atoms with Crippen LogP contribution in [0.25, 0.3) is 5.65 Å². The van der Waals surface area contributed by atoms with E-state index in [2.05, 4.69) is 10.3 Å². The molecule has 0 aliphatic carbocycles. The van der Waals surface area contributed by atoms with Crippen LogP contribution in [0.2, 0.25) is 0 Å². The summed E-state index contributed by atoms with van der Waals surface area (Å²) in [6, 6.07) is 8.00. The first-order valence-electron chi connectivity index (χ1n) is 7.50. The zero-order valence-corrected chi connectivity index (χ0v) is 13.9. The summed E-state index contributed by atoms with van der Waals surface area (Å²) in [5.74, 6) is -0.264. The molecule has 0 radical (unpaired) electrons. The predicted molar refractivity (Wildman–Crippen MR) is 92.3 cm³/mol. The lowest BCUT2D eigenvalue weighted by molar-refractivity contribution is -0.385. The molecule has 0 aliphatic heterocycles. The lowest BCUT2D eigenvalue weighted by Gasteiger charge is -2.08. The van der Waals surface area contributed by atoms with Crippen LogP contribution in [0.15, 0.2) is 36.5 Å². The van der Waals surface area contributed by atoms with Gasteiger partial charge >= 0.3 is 5.69 Å². The van der Waals surface area contributed by atoms with Crippen molar-refractivity contribution in [3.8, 4) is 5.75 Å². The summed E-state index contributed by atoms with van der Waals surface area (Å²) in [6.45, 7) is 3.66. The third-order valence-electron chi connectivity index (χ3n) is 3.79. The smallest absolute Gasteiger partial charge is 0.312 e. The quantitative estimate of drug-likeness (QED) is 0.581. The zero-order valence-electron chi connectivity index (χ0n) is 13.9. The number of nitro benzene ring substituents is 1. The molecule has 0 atom stereocenters. The van der Waals surface area contributed by atoms with Crippen LogP contribution in [0.1, 0.15) is 21.7 Å². The third kappa shape index (κ3) is 3.01. The van der Waals surface area contributed by atoms with Gasteiger partial charge in [-0.15, -0.1) is 0 Å². The van der Waals surface area contributed by atoms with Crippen molar-refractivity contribution in [1.29, 1.82) is 0 Å². The molecule has 1 amide bonds.